The standard InChI is InChI=1S/C23H23F6NO5/c1-5-6-9-30-17-14(13-8-7-12(33-2)10-15(13)20(30)31)11-16(18(34-3)19(17)35-4)21(24,22(25,26)27)23(28,29)32/h7-8,10-11,32H,5-6,9H2,1-4H3. The molecule has 12 heteroatoms. The van der Waals surface area contributed by atoms with Crippen LogP contribution in [-0.2, 0) is 12.2 Å². The number of unbranched alkanes of at least 4 members (excludes halogenated alkanes) is 1. The molecule has 2 aromatic carbocycles. The molecule has 6 nitrogen and oxygen atoms in total. The molecule has 0 bridgehead atoms. The van der Waals surface area contributed by atoms with Crippen LogP contribution < -0.4 is 19.8 Å². The van der Waals surface area contributed by atoms with Gasteiger partial charge in [0.15, 0.2) is 11.5 Å². The van der Waals surface area contributed by atoms with E-state index in [2.05, 4.69) is 0 Å². The van der Waals surface area contributed by atoms with Gasteiger partial charge in [0.05, 0.1) is 37.8 Å². The van der Waals surface area contributed by atoms with E-state index in [0.29, 0.717) is 18.9 Å². The van der Waals surface area contributed by atoms with Gasteiger partial charge < -0.3 is 23.9 Å². The van der Waals surface area contributed by atoms with Crippen molar-refractivity contribution in [2.24, 2.45) is 0 Å². The summed E-state index contributed by atoms with van der Waals surface area (Å²) in [6.07, 6.45) is -11.0. The van der Waals surface area contributed by atoms with Gasteiger partial charge in [0.25, 0.3) is 5.56 Å². The number of alkyl halides is 6. The van der Waals surface area contributed by atoms with Crippen molar-refractivity contribution in [3.63, 3.8) is 0 Å². The van der Waals surface area contributed by atoms with Gasteiger partial charge in [-0.25, -0.2) is 4.39 Å². The van der Waals surface area contributed by atoms with Crippen LogP contribution >= 0.6 is 0 Å². The van der Waals surface area contributed by atoms with Gasteiger partial charge in [-0.3, -0.25) is 4.79 Å². The Balaban J connectivity index is 2.68. The van der Waals surface area contributed by atoms with E-state index in [1.807, 2.05) is 6.92 Å². The first kappa shape index (κ1) is 26.5. The zero-order chi connectivity index (χ0) is 26.3. The van der Waals surface area contributed by atoms with E-state index < -0.39 is 40.6 Å². The third-order valence-corrected chi connectivity index (χ3v) is 5.79. The average Bonchev–Trinajstić information content (AvgIpc) is 2.80. The van der Waals surface area contributed by atoms with Crippen LogP contribution in [0.5, 0.6) is 17.2 Å². The molecule has 0 saturated heterocycles. The van der Waals surface area contributed by atoms with Crippen LogP contribution in [-0.4, -0.2) is 43.3 Å². The normalized spacial score (nSPS) is 14.3. The quantitative estimate of drug-likeness (QED) is 0.331. The Morgan fingerprint density at radius 2 is 1.51 bits per heavy atom. The van der Waals surface area contributed by atoms with Crippen LogP contribution in [0.4, 0.5) is 26.3 Å². The molecule has 0 radical (unpaired) electrons. The summed E-state index contributed by atoms with van der Waals surface area (Å²) in [4.78, 5) is 13.4. The maximum atomic E-state index is 15.4. The summed E-state index contributed by atoms with van der Waals surface area (Å²) in [7, 11) is 3.19. The molecule has 0 aliphatic carbocycles. The summed E-state index contributed by atoms with van der Waals surface area (Å²) in [5.41, 5.74) is -7.89. The predicted molar refractivity (Wildman–Crippen MR) is 116 cm³/mol. The number of aryl methyl sites for hydroxylation is 1. The van der Waals surface area contributed by atoms with Gasteiger partial charge >= 0.3 is 18.0 Å². The lowest BCUT2D eigenvalue weighted by Crippen LogP contribution is -2.52. The number of methoxy groups -OCH3 is 3. The number of ether oxygens (including phenoxy) is 3. The molecule has 0 aliphatic rings. The van der Waals surface area contributed by atoms with Crippen LogP contribution in [0.1, 0.15) is 25.3 Å². The van der Waals surface area contributed by atoms with Crippen LogP contribution in [0, 0.1) is 0 Å². The van der Waals surface area contributed by atoms with Crippen molar-refractivity contribution in [2.75, 3.05) is 21.3 Å². The maximum Gasteiger partial charge on any atom is 0.435 e. The first-order valence-corrected chi connectivity index (χ1v) is 10.4. The summed E-state index contributed by atoms with van der Waals surface area (Å²) in [6, 6.07) is 4.58. The van der Waals surface area contributed by atoms with Gasteiger partial charge in [0.1, 0.15) is 5.75 Å². The topological polar surface area (TPSA) is 69.9 Å². The van der Waals surface area contributed by atoms with E-state index in [9.17, 15) is 26.7 Å². The number of fused-ring (bicyclic) bond motifs is 3. The van der Waals surface area contributed by atoms with E-state index in [0.717, 1.165) is 14.2 Å². The van der Waals surface area contributed by atoms with Gasteiger partial charge in [-0.1, -0.05) is 13.3 Å². The molecular formula is C23H23F6NO5. The molecule has 3 rings (SSSR count). The summed E-state index contributed by atoms with van der Waals surface area (Å²) in [5.74, 6) is -1.35. The summed E-state index contributed by atoms with van der Waals surface area (Å²) >= 11 is 0. The lowest BCUT2D eigenvalue weighted by molar-refractivity contribution is -0.375. The fourth-order valence-corrected chi connectivity index (χ4v) is 4.08. The van der Waals surface area contributed by atoms with Gasteiger partial charge in [-0.2, -0.15) is 22.0 Å². The highest BCUT2D eigenvalue weighted by Crippen LogP contribution is 2.56. The van der Waals surface area contributed by atoms with Crippen LogP contribution in [0.15, 0.2) is 29.1 Å². The second-order valence-electron chi connectivity index (χ2n) is 7.81. The van der Waals surface area contributed by atoms with Gasteiger partial charge in [0, 0.05) is 11.9 Å². The van der Waals surface area contributed by atoms with Crippen molar-refractivity contribution in [1.29, 1.82) is 0 Å². The predicted octanol–water partition coefficient (Wildman–Crippen LogP) is 5.29. The van der Waals surface area contributed by atoms with Crippen molar-refractivity contribution in [1.82, 2.24) is 4.57 Å². The van der Waals surface area contributed by atoms with Crippen molar-refractivity contribution in [3.05, 3.63) is 40.2 Å². The highest BCUT2D eigenvalue weighted by molar-refractivity contribution is 6.09. The van der Waals surface area contributed by atoms with Crippen LogP contribution in [0.2, 0.25) is 0 Å². The van der Waals surface area contributed by atoms with Crippen LogP contribution in [0.25, 0.3) is 21.7 Å². The highest BCUT2D eigenvalue weighted by Gasteiger charge is 2.73. The van der Waals surface area contributed by atoms with Crippen LogP contribution in [0.3, 0.4) is 0 Å². The summed E-state index contributed by atoms with van der Waals surface area (Å²) in [5, 5.41) is 8.92. The minimum atomic E-state index is -6.26. The summed E-state index contributed by atoms with van der Waals surface area (Å²) < 4.78 is 101. The minimum Gasteiger partial charge on any atom is -0.497 e. The molecule has 192 valence electrons. The number of aliphatic hydroxyl groups is 1. The number of nitrogens with zero attached hydrogens (tertiary/aromatic N) is 1. The zero-order valence-electron chi connectivity index (χ0n) is 19.2. The first-order chi connectivity index (χ1) is 16.3. The smallest absolute Gasteiger partial charge is 0.435 e. The molecule has 35 heavy (non-hydrogen) atoms. The van der Waals surface area contributed by atoms with Crippen molar-refractivity contribution in [2.45, 2.75) is 44.3 Å². The highest BCUT2D eigenvalue weighted by atomic mass is 19.4. The maximum absolute atomic E-state index is 15.4. The summed E-state index contributed by atoms with van der Waals surface area (Å²) in [6.45, 7) is 1.94. The molecule has 1 atom stereocenters. The third kappa shape index (κ3) is 4.03. The van der Waals surface area contributed by atoms with E-state index in [1.54, 1.807) is 0 Å². The Kier molecular flexibility index (Phi) is 6.91. The largest absolute Gasteiger partial charge is 0.497 e. The fraction of sp³-hybridized carbons (Fsp3) is 0.435. The molecule has 1 N–H and O–H groups in total. The number of aromatic nitrogens is 1. The number of hydrogen-bond acceptors (Lipinski definition) is 5. The molecular weight excluding hydrogens is 484 g/mol. The monoisotopic (exact) mass is 507 g/mol. The minimum absolute atomic E-state index is 0.00153. The Morgan fingerprint density at radius 1 is 0.886 bits per heavy atom. The zero-order valence-corrected chi connectivity index (χ0v) is 19.2. The molecule has 0 amide bonds. The van der Waals surface area contributed by atoms with Gasteiger partial charge in [-0.05, 0) is 36.1 Å². The number of halogens is 6. The Hall–Kier alpha value is -3.15. The number of pyridine rings is 1. The third-order valence-electron chi connectivity index (χ3n) is 5.79. The number of hydrogen-bond donors (Lipinski definition) is 1. The molecule has 1 unspecified atom stereocenters. The number of rotatable bonds is 8. The second-order valence-corrected chi connectivity index (χ2v) is 7.81. The second kappa shape index (κ2) is 9.14. The molecule has 1 heterocycles. The van der Waals surface area contributed by atoms with Crippen molar-refractivity contribution in [3.8, 4) is 17.2 Å². The molecule has 3 aromatic rings. The lowest BCUT2D eigenvalue weighted by atomic mass is 9.89. The molecule has 0 spiro atoms. The van der Waals surface area contributed by atoms with E-state index in [1.165, 1.54) is 29.9 Å². The van der Waals surface area contributed by atoms with Crippen molar-refractivity contribution >= 4 is 21.7 Å². The Bertz CT molecular complexity index is 1300. The Morgan fingerprint density at radius 3 is 2.00 bits per heavy atom. The number of benzene rings is 2. The van der Waals surface area contributed by atoms with Gasteiger partial charge in [-0.15, -0.1) is 0 Å². The van der Waals surface area contributed by atoms with E-state index >= 15 is 4.39 Å². The molecule has 0 fully saturated rings. The molecule has 1 aromatic heterocycles. The average molecular weight is 507 g/mol. The molecule has 0 aliphatic heterocycles. The van der Waals surface area contributed by atoms with E-state index in [4.69, 9.17) is 19.3 Å². The molecule has 0 saturated carbocycles. The van der Waals surface area contributed by atoms with E-state index in [-0.39, 0.29) is 34.0 Å². The first-order valence-electron chi connectivity index (χ1n) is 10.4. The Labute approximate surface area is 195 Å². The van der Waals surface area contributed by atoms with Crippen molar-refractivity contribution < 1.29 is 45.7 Å². The SMILES string of the molecule is CCCCn1c(=O)c2cc(OC)ccc2c2cc(C(F)(C(O)(F)F)C(F)(F)F)c(OC)c(OC)c21. The fourth-order valence-electron chi connectivity index (χ4n) is 4.08. The van der Waals surface area contributed by atoms with Gasteiger partial charge in [0.2, 0.25) is 0 Å². The lowest BCUT2D eigenvalue weighted by Gasteiger charge is -2.33.